The number of nitrogens with zero attached hydrogens (tertiary/aromatic N) is 4. The summed E-state index contributed by atoms with van der Waals surface area (Å²) in [7, 11) is 1.56. The van der Waals surface area contributed by atoms with Gasteiger partial charge >= 0.3 is 0 Å². The number of ether oxygens (including phenoxy) is 2. The third-order valence-electron chi connectivity index (χ3n) is 4.88. The van der Waals surface area contributed by atoms with Crippen molar-refractivity contribution in [2.45, 2.75) is 31.6 Å². The van der Waals surface area contributed by atoms with E-state index in [1.807, 2.05) is 0 Å². The van der Waals surface area contributed by atoms with Crippen LogP contribution >= 0.6 is 0 Å². The SMILES string of the molecule is COc1ccc(N(C(N)=NC#N)[C@H]2c3cc(C#N)ccc3OC(C)(C)[C@@H]2O)cc1. The van der Waals surface area contributed by atoms with Crippen LogP contribution in [0.1, 0.15) is 31.0 Å². The number of hydrogen-bond donors (Lipinski definition) is 2. The van der Waals surface area contributed by atoms with E-state index in [9.17, 15) is 10.4 Å². The van der Waals surface area contributed by atoms with Crippen molar-refractivity contribution >= 4 is 11.6 Å². The molecular weight excluding hydrogens is 370 g/mol. The first-order valence-electron chi connectivity index (χ1n) is 8.89. The topological polar surface area (TPSA) is 128 Å². The Kier molecular flexibility index (Phi) is 5.31. The van der Waals surface area contributed by atoms with E-state index in [1.165, 1.54) is 0 Å². The molecular formula is C21H21N5O3. The van der Waals surface area contributed by atoms with Crippen LogP contribution in [0.5, 0.6) is 11.5 Å². The lowest BCUT2D eigenvalue weighted by Gasteiger charge is -2.46. The Bertz CT molecular complexity index is 1020. The van der Waals surface area contributed by atoms with Crippen LogP contribution < -0.4 is 20.1 Å². The van der Waals surface area contributed by atoms with Gasteiger partial charge in [0.05, 0.1) is 24.8 Å². The van der Waals surface area contributed by atoms with Crippen LogP contribution in [0.4, 0.5) is 5.69 Å². The maximum absolute atomic E-state index is 11.2. The lowest BCUT2D eigenvalue weighted by atomic mass is 9.84. The first-order chi connectivity index (χ1) is 13.8. The number of nitrogens with two attached hydrogens (primary N) is 1. The Morgan fingerprint density at radius 3 is 2.52 bits per heavy atom. The number of aliphatic imine (C=N–C) groups is 1. The largest absolute Gasteiger partial charge is 0.497 e. The second-order valence-corrected chi connectivity index (χ2v) is 7.10. The van der Waals surface area contributed by atoms with Gasteiger partial charge in [-0.05, 0) is 56.3 Å². The molecule has 1 aliphatic heterocycles. The molecule has 0 radical (unpaired) electrons. The molecule has 1 aliphatic rings. The molecule has 1 heterocycles. The van der Waals surface area contributed by atoms with Gasteiger partial charge in [-0.1, -0.05) is 0 Å². The summed E-state index contributed by atoms with van der Waals surface area (Å²) < 4.78 is 11.2. The van der Waals surface area contributed by atoms with Gasteiger partial charge in [0.2, 0.25) is 12.2 Å². The van der Waals surface area contributed by atoms with E-state index in [1.54, 1.807) is 74.5 Å². The van der Waals surface area contributed by atoms with Crippen LogP contribution in [0.25, 0.3) is 0 Å². The fraction of sp³-hybridized carbons (Fsp3) is 0.286. The maximum atomic E-state index is 11.2. The van der Waals surface area contributed by atoms with Crippen LogP contribution in [-0.4, -0.2) is 29.9 Å². The number of nitriles is 2. The van der Waals surface area contributed by atoms with E-state index in [0.717, 1.165) is 0 Å². The molecule has 0 unspecified atom stereocenters. The summed E-state index contributed by atoms with van der Waals surface area (Å²) in [6.07, 6.45) is 0.650. The van der Waals surface area contributed by atoms with Gasteiger partial charge in [-0.3, -0.25) is 0 Å². The molecule has 0 fully saturated rings. The van der Waals surface area contributed by atoms with Gasteiger partial charge in [-0.15, -0.1) is 4.99 Å². The number of guanidine groups is 1. The highest BCUT2D eigenvalue weighted by molar-refractivity contribution is 5.96. The van der Waals surface area contributed by atoms with Crippen molar-refractivity contribution in [1.82, 2.24) is 0 Å². The molecule has 29 heavy (non-hydrogen) atoms. The van der Waals surface area contributed by atoms with Crippen LogP contribution in [0, 0.1) is 22.8 Å². The molecule has 8 nitrogen and oxygen atoms in total. The van der Waals surface area contributed by atoms with E-state index >= 15 is 0 Å². The number of hydrogen-bond acceptors (Lipinski definition) is 6. The van der Waals surface area contributed by atoms with Gasteiger partial charge in [0.25, 0.3) is 0 Å². The summed E-state index contributed by atoms with van der Waals surface area (Å²) in [5.41, 5.74) is 6.77. The summed E-state index contributed by atoms with van der Waals surface area (Å²) >= 11 is 0. The lowest BCUT2D eigenvalue weighted by Crippen LogP contribution is -2.56. The Morgan fingerprint density at radius 2 is 1.93 bits per heavy atom. The number of rotatable bonds is 3. The molecule has 0 aromatic heterocycles. The zero-order valence-electron chi connectivity index (χ0n) is 16.3. The second kappa shape index (κ2) is 7.70. The predicted octanol–water partition coefficient (Wildman–Crippen LogP) is 2.44. The summed E-state index contributed by atoms with van der Waals surface area (Å²) in [6.45, 7) is 3.52. The summed E-state index contributed by atoms with van der Waals surface area (Å²) in [5, 5.41) is 29.6. The number of benzene rings is 2. The molecule has 3 N–H and O–H groups in total. The highest BCUT2D eigenvalue weighted by Gasteiger charge is 2.46. The van der Waals surface area contributed by atoms with Crippen molar-refractivity contribution in [1.29, 1.82) is 10.5 Å². The van der Waals surface area contributed by atoms with Crippen LogP contribution in [-0.2, 0) is 0 Å². The van der Waals surface area contributed by atoms with Crippen LogP contribution in [0.2, 0.25) is 0 Å². The average molecular weight is 391 g/mol. The zero-order valence-corrected chi connectivity index (χ0v) is 16.3. The Hall–Kier alpha value is -3.75. The van der Waals surface area contributed by atoms with Crippen molar-refractivity contribution in [2.24, 2.45) is 10.7 Å². The number of aliphatic hydroxyl groups excluding tert-OH is 1. The van der Waals surface area contributed by atoms with E-state index in [-0.39, 0.29) is 5.96 Å². The molecule has 0 saturated carbocycles. The van der Waals surface area contributed by atoms with Crippen molar-refractivity contribution < 1.29 is 14.6 Å². The zero-order chi connectivity index (χ0) is 21.2. The Morgan fingerprint density at radius 1 is 1.24 bits per heavy atom. The molecule has 0 saturated heterocycles. The van der Waals surface area contributed by atoms with Crippen molar-refractivity contribution in [3.05, 3.63) is 53.6 Å². The number of methoxy groups -OCH3 is 1. The second-order valence-electron chi connectivity index (χ2n) is 7.10. The standard InChI is InChI=1S/C21H21N5O3/c1-21(2)19(27)18(16-10-13(11-22)4-9-17(16)29-21)26(20(24)25-12-23)14-5-7-15(28-3)8-6-14/h4-10,18-19,27H,1-3H3,(H2,24,25)/t18-,19+/m0/s1. The monoisotopic (exact) mass is 391 g/mol. The minimum atomic E-state index is -1.04. The van der Waals surface area contributed by atoms with Gasteiger partial charge in [0.15, 0.2) is 0 Å². The highest BCUT2D eigenvalue weighted by atomic mass is 16.5. The first kappa shape index (κ1) is 20.0. The number of fused-ring (bicyclic) bond motifs is 1. The summed E-state index contributed by atoms with van der Waals surface area (Å²) in [5.74, 6) is 1.07. The summed E-state index contributed by atoms with van der Waals surface area (Å²) in [6, 6.07) is 13.3. The molecule has 0 bridgehead atoms. The molecule has 2 aromatic carbocycles. The van der Waals surface area contributed by atoms with Gasteiger partial charge in [-0.2, -0.15) is 10.5 Å². The predicted molar refractivity (Wildman–Crippen MR) is 107 cm³/mol. The van der Waals surface area contributed by atoms with Crippen molar-refractivity contribution in [3.63, 3.8) is 0 Å². The molecule has 0 amide bonds. The molecule has 2 atom stereocenters. The van der Waals surface area contributed by atoms with Gasteiger partial charge in [0, 0.05) is 11.3 Å². The normalized spacial score (nSPS) is 19.9. The number of aliphatic hydroxyl groups is 1. The third kappa shape index (κ3) is 3.66. The lowest BCUT2D eigenvalue weighted by molar-refractivity contribution is -0.0565. The van der Waals surface area contributed by atoms with E-state index in [0.29, 0.717) is 28.3 Å². The quantitative estimate of drug-likeness (QED) is 0.467. The van der Waals surface area contributed by atoms with Crippen molar-refractivity contribution in [3.8, 4) is 23.8 Å². The van der Waals surface area contributed by atoms with Crippen LogP contribution in [0.15, 0.2) is 47.5 Å². The first-order valence-corrected chi connectivity index (χ1v) is 8.89. The maximum Gasteiger partial charge on any atom is 0.212 e. The molecule has 3 rings (SSSR count). The minimum Gasteiger partial charge on any atom is -0.497 e. The van der Waals surface area contributed by atoms with Gasteiger partial charge in [0.1, 0.15) is 23.2 Å². The van der Waals surface area contributed by atoms with Gasteiger partial charge in [-0.25, -0.2) is 0 Å². The summed E-state index contributed by atoms with van der Waals surface area (Å²) in [4.78, 5) is 5.26. The third-order valence-corrected chi connectivity index (χ3v) is 4.88. The Balaban J connectivity index is 2.24. The number of anilines is 1. The van der Waals surface area contributed by atoms with Crippen LogP contribution in [0.3, 0.4) is 0 Å². The molecule has 0 spiro atoms. The minimum absolute atomic E-state index is 0.0901. The highest BCUT2D eigenvalue weighted by Crippen LogP contribution is 2.44. The van der Waals surface area contributed by atoms with E-state index in [4.69, 9.17) is 20.5 Å². The van der Waals surface area contributed by atoms with Gasteiger partial charge < -0.3 is 25.2 Å². The van der Waals surface area contributed by atoms with E-state index in [2.05, 4.69) is 11.1 Å². The molecule has 2 aromatic rings. The smallest absolute Gasteiger partial charge is 0.212 e. The fourth-order valence-electron chi connectivity index (χ4n) is 3.40. The van der Waals surface area contributed by atoms with Crippen molar-refractivity contribution in [2.75, 3.05) is 12.0 Å². The molecule has 148 valence electrons. The Labute approximate surface area is 169 Å². The van der Waals surface area contributed by atoms with E-state index < -0.39 is 17.7 Å². The fourth-order valence-corrected chi connectivity index (χ4v) is 3.40. The average Bonchev–Trinajstić information content (AvgIpc) is 2.71. The molecule has 0 aliphatic carbocycles. The molecule has 8 heteroatoms.